The molecule has 0 spiro atoms. The van der Waals surface area contributed by atoms with Crippen LogP contribution in [0.5, 0.6) is 0 Å². The monoisotopic (exact) mass is 244 g/mol. The van der Waals surface area contributed by atoms with Crippen LogP contribution in [0.3, 0.4) is 0 Å². The molecule has 18 heavy (non-hydrogen) atoms. The largest absolute Gasteiger partial charge is 0.395 e. The van der Waals surface area contributed by atoms with Gasteiger partial charge in [-0.3, -0.25) is 0 Å². The summed E-state index contributed by atoms with van der Waals surface area (Å²) >= 11 is 0. The van der Waals surface area contributed by atoms with Gasteiger partial charge in [-0.2, -0.15) is 0 Å². The van der Waals surface area contributed by atoms with Crippen LogP contribution in [0.15, 0.2) is 12.1 Å². The topological polar surface area (TPSA) is 38.0 Å². The van der Waals surface area contributed by atoms with Gasteiger partial charge in [-0.25, -0.2) is 4.98 Å². The van der Waals surface area contributed by atoms with Gasteiger partial charge in [-0.05, 0) is 49.9 Å². The predicted octanol–water partition coefficient (Wildman–Crippen LogP) is 2.91. The van der Waals surface area contributed by atoms with E-state index in [0.29, 0.717) is 12.5 Å². The molecule has 1 aliphatic carbocycles. The average Bonchev–Trinajstić information content (AvgIpc) is 2.57. The number of aryl methyl sites for hydroxylation is 2. The van der Waals surface area contributed by atoms with Crippen LogP contribution in [0, 0.1) is 13.8 Å². The molecule has 0 radical (unpaired) electrons. The van der Waals surface area contributed by atoms with E-state index in [-0.39, 0.29) is 6.61 Å². The summed E-state index contributed by atoms with van der Waals surface area (Å²) in [6.45, 7) is 5.10. The van der Waals surface area contributed by atoms with E-state index in [1.165, 1.54) is 41.7 Å². The lowest BCUT2D eigenvalue weighted by molar-refractivity contribution is 0.271. The molecule has 1 heterocycles. The number of fused-ring (bicyclic) bond motifs is 1. The minimum atomic E-state index is 0.179. The number of nitrogens with zero attached hydrogens (tertiary/aromatic N) is 2. The predicted molar refractivity (Wildman–Crippen MR) is 72.9 cm³/mol. The first kappa shape index (κ1) is 11.7. The zero-order valence-corrected chi connectivity index (χ0v) is 11.1. The number of hydrogen-bond donors (Lipinski definition) is 1. The lowest BCUT2D eigenvalue weighted by atomic mass is 9.85. The maximum Gasteiger partial charge on any atom is 0.113 e. The van der Waals surface area contributed by atoms with Gasteiger partial charge in [-0.15, -0.1) is 0 Å². The molecule has 0 saturated heterocycles. The summed E-state index contributed by atoms with van der Waals surface area (Å²) in [6.07, 6.45) is 3.80. The average molecular weight is 244 g/mol. The van der Waals surface area contributed by atoms with Crippen molar-refractivity contribution in [2.75, 3.05) is 6.61 Å². The van der Waals surface area contributed by atoms with Crippen molar-refractivity contribution in [3.05, 3.63) is 29.1 Å². The summed E-state index contributed by atoms with van der Waals surface area (Å²) in [4.78, 5) is 4.81. The number of rotatable bonds is 3. The molecule has 3 nitrogen and oxygen atoms in total. The summed E-state index contributed by atoms with van der Waals surface area (Å²) in [5.74, 6) is 1.78. The number of benzene rings is 1. The molecule has 1 aromatic carbocycles. The van der Waals surface area contributed by atoms with Gasteiger partial charge in [0.15, 0.2) is 0 Å². The minimum Gasteiger partial charge on any atom is -0.395 e. The van der Waals surface area contributed by atoms with E-state index in [1.54, 1.807) is 0 Å². The summed E-state index contributed by atoms with van der Waals surface area (Å²) in [5, 5.41) is 9.27. The second-order valence-electron chi connectivity index (χ2n) is 5.40. The van der Waals surface area contributed by atoms with E-state index in [0.717, 1.165) is 5.52 Å². The number of aliphatic hydroxyl groups excluding tert-OH is 1. The summed E-state index contributed by atoms with van der Waals surface area (Å²) in [5.41, 5.74) is 4.83. The van der Waals surface area contributed by atoms with Gasteiger partial charge in [0.25, 0.3) is 0 Å². The Bertz CT molecular complexity index is 582. The fraction of sp³-hybridized carbons (Fsp3) is 0.533. The quantitative estimate of drug-likeness (QED) is 0.901. The zero-order chi connectivity index (χ0) is 12.7. The van der Waals surface area contributed by atoms with Crippen molar-refractivity contribution in [1.29, 1.82) is 0 Å². The van der Waals surface area contributed by atoms with Crippen LogP contribution < -0.4 is 0 Å². The van der Waals surface area contributed by atoms with Crippen molar-refractivity contribution >= 4 is 11.0 Å². The van der Waals surface area contributed by atoms with Gasteiger partial charge in [0, 0.05) is 12.5 Å². The molecule has 0 bridgehead atoms. The highest BCUT2D eigenvalue weighted by molar-refractivity contribution is 5.78. The Balaban J connectivity index is 2.18. The third kappa shape index (κ3) is 1.74. The molecule has 1 aromatic heterocycles. The molecule has 96 valence electrons. The summed E-state index contributed by atoms with van der Waals surface area (Å²) < 4.78 is 2.21. The minimum absolute atomic E-state index is 0.179. The lowest BCUT2D eigenvalue weighted by Crippen LogP contribution is -2.16. The van der Waals surface area contributed by atoms with Crippen LogP contribution in [0.2, 0.25) is 0 Å². The molecule has 1 N–H and O–H groups in total. The first-order valence-electron chi connectivity index (χ1n) is 6.79. The molecule has 0 aliphatic heterocycles. The maximum atomic E-state index is 9.27. The third-order valence-electron chi connectivity index (χ3n) is 4.19. The molecule has 0 atom stereocenters. The SMILES string of the molecule is Cc1cc2nc(C3CCC3)n(CCO)c2cc1C. The standard InChI is InChI=1S/C15H20N2O/c1-10-8-13-14(9-11(10)2)17(6-7-18)15(16-13)12-4-3-5-12/h8-9,12,18H,3-7H2,1-2H3. The molecule has 3 heteroatoms. The summed E-state index contributed by atoms with van der Waals surface area (Å²) in [6, 6.07) is 4.37. The van der Waals surface area contributed by atoms with Crippen molar-refractivity contribution in [3.8, 4) is 0 Å². The first-order chi connectivity index (χ1) is 8.70. The van der Waals surface area contributed by atoms with E-state index < -0.39 is 0 Å². The smallest absolute Gasteiger partial charge is 0.113 e. The van der Waals surface area contributed by atoms with Crippen molar-refractivity contribution in [3.63, 3.8) is 0 Å². The van der Waals surface area contributed by atoms with Gasteiger partial charge in [0.05, 0.1) is 17.6 Å². The normalized spacial score (nSPS) is 16.2. The molecule has 1 fully saturated rings. The van der Waals surface area contributed by atoms with Crippen molar-refractivity contribution in [2.45, 2.75) is 45.6 Å². The third-order valence-corrected chi connectivity index (χ3v) is 4.19. The molecular formula is C15H20N2O. The van der Waals surface area contributed by atoms with Crippen LogP contribution in [0.25, 0.3) is 11.0 Å². The van der Waals surface area contributed by atoms with Crippen LogP contribution >= 0.6 is 0 Å². The Kier molecular flexibility index (Phi) is 2.86. The van der Waals surface area contributed by atoms with Gasteiger partial charge in [-0.1, -0.05) is 6.42 Å². The van der Waals surface area contributed by atoms with Crippen LogP contribution in [-0.4, -0.2) is 21.3 Å². The van der Waals surface area contributed by atoms with Gasteiger partial charge < -0.3 is 9.67 Å². The fourth-order valence-corrected chi connectivity index (χ4v) is 2.71. The fourth-order valence-electron chi connectivity index (χ4n) is 2.71. The van der Waals surface area contributed by atoms with E-state index in [1.807, 2.05) is 0 Å². The van der Waals surface area contributed by atoms with E-state index in [9.17, 15) is 5.11 Å². The Hall–Kier alpha value is -1.35. The number of imidazole rings is 1. The molecule has 1 aliphatic rings. The van der Waals surface area contributed by atoms with Crippen molar-refractivity contribution < 1.29 is 5.11 Å². The second kappa shape index (κ2) is 4.39. The van der Waals surface area contributed by atoms with E-state index >= 15 is 0 Å². The highest BCUT2D eigenvalue weighted by Crippen LogP contribution is 2.37. The Morgan fingerprint density at radius 1 is 1.28 bits per heavy atom. The first-order valence-corrected chi connectivity index (χ1v) is 6.79. The molecule has 0 unspecified atom stereocenters. The van der Waals surface area contributed by atoms with E-state index in [2.05, 4.69) is 30.5 Å². The van der Waals surface area contributed by atoms with Crippen LogP contribution in [-0.2, 0) is 6.54 Å². The molecule has 0 amide bonds. The zero-order valence-electron chi connectivity index (χ0n) is 11.1. The molecule has 3 rings (SSSR count). The number of hydrogen-bond acceptors (Lipinski definition) is 2. The maximum absolute atomic E-state index is 9.27. The molecule has 1 saturated carbocycles. The number of aliphatic hydroxyl groups is 1. The number of aromatic nitrogens is 2. The summed E-state index contributed by atoms with van der Waals surface area (Å²) in [7, 11) is 0. The molecular weight excluding hydrogens is 224 g/mol. The highest BCUT2D eigenvalue weighted by Gasteiger charge is 2.25. The highest BCUT2D eigenvalue weighted by atomic mass is 16.3. The van der Waals surface area contributed by atoms with Crippen LogP contribution in [0.4, 0.5) is 0 Å². The van der Waals surface area contributed by atoms with Crippen LogP contribution in [0.1, 0.15) is 42.1 Å². The Morgan fingerprint density at radius 2 is 2.00 bits per heavy atom. The molecule has 2 aromatic rings. The lowest BCUT2D eigenvalue weighted by Gasteiger charge is -2.25. The van der Waals surface area contributed by atoms with Crippen molar-refractivity contribution in [1.82, 2.24) is 9.55 Å². The Labute approximate surface area is 107 Å². The Morgan fingerprint density at radius 3 is 2.61 bits per heavy atom. The van der Waals surface area contributed by atoms with Gasteiger partial charge >= 0.3 is 0 Å². The second-order valence-corrected chi connectivity index (χ2v) is 5.40. The van der Waals surface area contributed by atoms with Gasteiger partial charge in [0.1, 0.15) is 5.82 Å². The van der Waals surface area contributed by atoms with Gasteiger partial charge in [0.2, 0.25) is 0 Å². The van der Waals surface area contributed by atoms with Crippen molar-refractivity contribution in [2.24, 2.45) is 0 Å². The van der Waals surface area contributed by atoms with E-state index in [4.69, 9.17) is 4.98 Å².